The van der Waals surface area contributed by atoms with Crippen molar-refractivity contribution >= 4 is 0 Å². The lowest BCUT2D eigenvalue weighted by Gasteiger charge is -2.15. The van der Waals surface area contributed by atoms with Crippen molar-refractivity contribution in [1.29, 1.82) is 0 Å². The Balaban J connectivity index is 1.61. The lowest BCUT2D eigenvalue weighted by molar-refractivity contribution is 0.292. The van der Waals surface area contributed by atoms with Crippen molar-refractivity contribution in [3.63, 3.8) is 0 Å². The van der Waals surface area contributed by atoms with Crippen molar-refractivity contribution in [2.24, 2.45) is 7.05 Å². The molecule has 0 aliphatic carbocycles. The van der Waals surface area contributed by atoms with E-state index in [0.717, 1.165) is 33.7 Å². The van der Waals surface area contributed by atoms with Gasteiger partial charge in [-0.3, -0.25) is 0 Å². The zero-order valence-corrected chi connectivity index (χ0v) is 19.2. The lowest BCUT2D eigenvalue weighted by atomic mass is 10.0. The van der Waals surface area contributed by atoms with Gasteiger partial charge in [0.1, 0.15) is 18.1 Å². The quantitative estimate of drug-likeness (QED) is 0.429. The molecule has 0 N–H and O–H groups in total. The fourth-order valence-corrected chi connectivity index (χ4v) is 3.61. The Kier molecular flexibility index (Phi) is 6.12. The van der Waals surface area contributed by atoms with Crippen molar-refractivity contribution < 1.29 is 14.2 Å². The molecule has 0 unspecified atom stereocenters. The Morgan fingerprint density at radius 1 is 0.939 bits per heavy atom. The summed E-state index contributed by atoms with van der Waals surface area (Å²) in [6, 6.07) is 15.1. The van der Waals surface area contributed by atoms with Crippen molar-refractivity contribution in [1.82, 2.24) is 24.8 Å². The van der Waals surface area contributed by atoms with E-state index < -0.39 is 0 Å². The summed E-state index contributed by atoms with van der Waals surface area (Å²) in [6.45, 7) is 4.11. The Labute approximate surface area is 191 Å². The second kappa shape index (κ2) is 9.15. The van der Waals surface area contributed by atoms with Crippen LogP contribution in [0, 0.1) is 13.8 Å². The van der Waals surface area contributed by atoms with E-state index in [9.17, 15) is 4.79 Å². The SMILES string of the molecule is COc1ccc(-c2ccc(OCc3c(C)cccc3-n3nnn(C)c3=O)nc2C)c(OC)c1. The van der Waals surface area contributed by atoms with Crippen LogP contribution < -0.4 is 19.9 Å². The molecule has 0 saturated carbocycles. The maximum Gasteiger partial charge on any atom is 0.368 e. The molecular formula is C24H25N5O4. The molecule has 170 valence electrons. The Bertz CT molecular complexity index is 1360. The highest BCUT2D eigenvalue weighted by atomic mass is 16.5. The average Bonchev–Trinajstić information content (AvgIpc) is 3.16. The van der Waals surface area contributed by atoms with E-state index in [2.05, 4.69) is 15.4 Å². The van der Waals surface area contributed by atoms with E-state index in [1.54, 1.807) is 21.3 Å². The number of hydrogen-bond donors (Lipinski definition) is 0. The van der Waals surface area contributed by atoms with Crippen LogP contribution in [0.1, 0.15) is 16.8 Å². The molecule has 0 aliphatic heterocycles. The Hall–Kier alpha value is -4.14. The molecule has 2 heterocycles. The minimum atomic E-state index is -0.325. The van der Waals surface area contributed by atoms with E-state index in [1.165, 1.54) is 9.36 Å². The summed E-state index contributed by atoms with van der Waals surface area (Å²) < 4.78 is 19.3. The smallest absolute Gasteiger partial charge is 0.368 e. The molecule has 0 fully saturated rings. The monoisotopic (exact) mass is 447 g/mol. The number of hydrogen-bond acceptors (Lipinski definition) is 7. The van der Waals surface area contributed by atoms with Gasteiger partial charge in [0.25, 0.3) is 0 Å². The maximum absolute atomic E-state index is 12.3. The predicted octanol–water partition coefficient (Wildman–Crippen LogP) is 3.24. The van der Waals surface area contributed by atoms with Gasteiger partial charge in [-0.25, -0.2) is 9.78 Å². The summed E-state index contributed by atoms with van der Waals surface area (Å²) in [6.07, 6.45) is 0. The predicted molar refractivity (Wildman–Crippen MR) is 123 cm³/mol. The van der Waals surface area contributed by atoms with E-state index in [0.29, 0.717) is 17.3 Å². The molecule has 4 rings (SSSR count). The zero-order chi connectivity index (χ0) is 23.5. The molecule has 0 aliphatic rings. The standard InChI is InChI=1S/C24H25N5O4/c1-15-7-6-8-21(29-24(30)28(3)26-27-29)20(15)14-33-23-12-11-18(16(2)25-23)19-10-9-17(31-4)13-22(19)32-5/h6-13H,14H2,1-5H3. The summed E-state index contributed by atoms with van der Waals surface area (Å²) in [4.78, 5) is 17.0. The fourth-order valence-electron chi connectivity index (χ4n) is 3.61. The normalized spacial score (nSPS) is 10.8. The summed E-state index contributed by atoms with van der Waals surface area (Å²) >= 11 is 0. The minimum absolute atomic E-state index is 0.225. The molecule has 9 heteroatoms. The summed E-state index contributed by atoms with van der Waals surface area (Å²) in [5.41, 5.74) is 4.76. The number of ether oxygens (including phenoxy) is 3. The van der Waals surface area contributed by atoms with Crippen molar-refractivity contribution in [2.75, 3.05) is 14.2 Å². The molecular weight excluding hydrogens is 422 g/mol. The molecule has 4 aromatic rings. The van der Waals surface area contributed by atoms with Crippen LogP contribution in [0.4, 0.5) is 0 Å². The minimum Gasteiger partial charge on any atom is -0.497 e. The van der Waals surface area contributed by atoms with Crippen molar-refractivity contribution in [2.45, 2.75) is 20.5 Å². The average molecular weight is 447 g/mol. The Morgan fingerprint density at radius 3 is 2.39 bits per heavy atom. The van der Waals surface area contributed by atoms with E-state index in [4.69, 9.17) is 14.2 Å². The van der Waals surface area contributed by atoms with E-state index in [-0.39, 0.29) is 12.3 Å². The number of nitrogens with zero attached hydrogens (tertiary/aromatic N) is 5. The molecule has 0 bridgehead atoms. The number of aryl methyl sites for hydroxylation is 3. The second-order valence-corrected chi connectivity index (χ2v) is 7.51. The highest BCUT2D eigenvalue weighted by Gasteiger charge is 2.15. The highest BCUT2D eigenvalue weighted by molar-refractivity contribution is 5.73. The summed E-state index contributed by atoms with van der Waals surface area (Å²) in [5.74, 6) is 1.90. The van der Waals surface area contributed by atoms with E-state index >= 15 is 0 Å². The third-order valence-electron chi connectivity index (χ3n) is 5.46. The van der Waals surface area contributed by atoms with Crippen LogP contribution in [0.2, 0.25) is 0 Å². The van der Waals surface area contributed by atoms with Crippen LogP contribution in [0.15, 0.2) is 53.3 Å². The van der Waals surface area contributed by atoms with Gasteiger partial charge in [-0.15, -0.1) is 0 Å². The van der Waals surface area contributed by atoms with Crippen molar-refractivity contribution in [3.8, 4) is 34.2 Å². The van der Waals surface area contributed by atoms with Crippen LogP contribution in [-0.4, -0.2) is 39.0 Å². The van der Waals surface area contributed by atoms with E-state index in [1.807, 2.05) is 62.4 Å². The molecule has 9 nitrogen and oxygen atoms in total. The Morgan fingerprint density at radius 2 is 1.73 bits per heavy atom. The summed E-state index contributed by atoms with van der Waals surface area (Å²) in [7, 11) is 4.80. The zero-order valence-electron chi connectivity index (χ0n) is 19.2. The first-order valence-electron chi connectivity index (χ1n) is 10.3. The molecule has 0 radical (unpaired) electrons. The number of methoxy groups -OCH3 is 2. The highest BCUT2D eigenvalue weighted by Crippen LogP contribution is 2.35. The fraction of sp³-hybridized carbons (Fsp3) is 0.250. The number of rotatable bonds is 7. The first-order chi connectivity index (χ1) is 15.9. The number of aromatic nitrogens is 5. The van der Waals surface area contributed by atoms with Gasteiger partial charge in [-0.1, -0.05) is 12.1 Å². The van der Waals surface area contributed by atoms with Gasteiger partial charge in [0.15, 0.2) is 0 Å². The van der Waals surface area contributed by atoms with Crippen LogP contribution in [0.5, 0.6) is 17.4 Å². The van der Waals surface area contributed by atoms with Crippen LogP contribution in [0.3, 0.4) is 0 Å². The first kappa shape index (κ1) is 22.1. The molecule has 33 heavy (non-hydrogen) atoms. The van der Waals surface area contributed by atoms with Crippen molar-refractivity contribution in [3.05, 3.63) is 75.8 Å². The van der Waals surface area contributed by atoms with Gasteiger partial charge < -0.3 is 14.2 Å². The lowest BCUT2D eigenvalue weighted by Crippen LogP contribution is -2.23. The third-order valence-corrected chi connectivity index (χ3v) is 5.46. The molecule has 0 saturated heterocycles. The van der Waals surface area contributed by atoms with Crippen LogP contribution >= 0.6 is 0 Å². The number of tetrazole rings is 1. The van der Waals surface area contributed by atoms with Gasteiger partial charge in [0.05, 0.1) is 19.9 Å². The number of pyridine rings is 1. The van der Waals surface area contributed by atoms with Crippen LogP contribution in [-0.2, 0) is 13.7 Å². The molecule has 2 aromatic carbocycles. The second-order valence-electron chi connectivity index (χ2n) is 7.51. The first-order valence-corrected chi connectivity index (χ1v) is 10.3. The topological polar surface area (TPSA) is 93.3 Å². The summed E-state index contributed by atoms with van der Waals surface area (Å²) in [5, 5.41) is 7.76. The number of benzene rings is 2. The molecule has 0 amide bonds. The third kappa shape index (κ3) is 4.30. The molecule has 0 spiro atoms. The molecule has 0 atom stereocenters. The van der Waals surface area contributed by atoms with Gasteiger partial charge in [-0.05, 0) is 54.1 Å². The van der Waals surface area contributed by atoms with Gasteiger partial charge in [0, 0.05) is 41.6 Å². The maximum atomic E-state index is 12.3. The largest absolute Gasteiger partial charge is 0.497 e. The van der Waals surface area contributed by atoms with Gasteiger partial charge >= 0.3 is 5.69 Å². The van der Waals surface area contributed by atoms with Gasteiger partial charge in [0.2, 0.25) is 5.88 Å². The molecule has 2 aromatic heterocycles. The van der Waals surface area contributed by atoms with Gasteiger partial charge in [-0.2, -0.15) is 9.36 Å². The van der Waals surface area contributed by atoms with Crippen LogP contribution in [0.25, 0.3) is 16.8 Å².